The number of carbonyl (C=O) groups is 1. The SMILES string of the molecule is COc1ccc(C2CCC(CC(Br)N(C)C)C2=O)cc1. The number of carbonyl (C=O) groups excluding carboxylic acids is 1. The lowest BCUT2D eigenvalue weighted by Gasteiger charge is -2.21. The summed E-state index contributed by atoms with van der Waals surface area (Å²) in [5, 5.41) is 0. The topological polar surface area (TPSA) is 29.5 Å². The van der Waals surface area contributed by atoms with Gasteiger partial charge in [-0.1, -0.05) is 28.1 Å². The molecule has 3 nitrogen and oxygen atoms in total. The molecule has 0 aromatic heterocycles. The van der Waals surface area contributed by atoms with E-state index in [2.05, 4.69) is 20.8 Å². The van der Waals surface area contributed by atoms with Gasteiger partial charge < -0.3 is 4.74 Å². The summed E-state index contributed by atoms with van der Waals surface area (Å²) in [5.41, 5.74) is 1.12. The van der Waals surface area contributed by atoms with Gasteiger partial charge >= 0.3 is 0 Å². The number of methoxy groups -OCH3 is 1. The van der Waals surface area contributed by atoms with E-state index >= 15 is 0 Å². The van der Waals surface area contributed by atoms with Gasteiger partial charge in [-0.3, -0.25) is 9.69 Å². The monoisotopic (exact) mass is 339 g/mol. The Hall–Kier alpha value is -0.870. The van der Waals surface area contributed by atoms with Gasteiger partial charge in [-0.05, 0) is 51.1 Å². The second-order valence-electron chi connectivity index (χ2n) is 5.64. The summed E-state index contributed by atoms with van der Waals surface area (Å²) in [6.07, 6.45) is 2.84. The molecule has 1 aliphatic carbocycles. The lowest BCUT2D eigenvalue weighted by molar-refractivity contribution is -0.122. The molecular formula is C16H22BrNO2. The summed E-state index contributed by atoms with van der Waals surface area (Å²) in [6.45, 7) is 0. The normalized spacial score (nSPS) is 24.1. The Labute approximate surface area is 129 Å². The van der Waals surface area contributed by atoms with E-state index in [4.69, 9.17) is 4.74 Å². The van der Waals surface area contributed by atoms with Crippen molar-refractivity contribution in [1.82, 2.24) is 4.90 Å². The molecular weight excluding hydrogens is 318 g/mol. The zero-order valence-corrected chi connectivity index (χ0v) is 13.9. The van der Waals surface area contributed by atoms with Crippen molar-refractivity contribution in [2.45, 2.75) is 30.1 Å². The van der Waals surface area contributed by atoms with E-state index in [-0.39, 0.29) is 16.8 Å². The maximum Gasteiger partial charge on any atom is 0.143 e. The molecule has 0 N–H and O–H groups in total. The highest BCUT2D eigenvalue weighted by Gasteiger charge is 2.36. The van der Waals surface area contributed by atoms with Crippen molar-refractivity contribution < 1.29 is 9.53 Å². The van der Waals surface area contributed by atoms with Gasteiger partial charge in [0.1, 0.15) is 11.5 Å². The predicted octanol–water partition coefficient (Wildman–Crippen LogP) is 3.43. The Balaban J connectivity index is 2.03. The molecule has 0 amide bonds. The first kappa shape index (κ1) is 15.5. The number of alkyl halides is 1. The summed E-state index contributed by atoms with van der Waals surface area (Å²) < 4.78 is 5.16. The minimum atomic E-state index is 0.0627. The van der Waals surface area contributed by atoms with Crippen molar-refractivity contribution in [3.63, 3.8) is 0 Å². The number of halogens is 1. The van der Waals surface area contributed by atoms with Crippen LogP contribution in [-0.4, -0.2) is 36.8 Å². The minimum Gasteiger partial charge on any atom is -0.497 e. The van der Waals surface area contributed by atoms with Crippen LogP contribution in [0.15, 0.2) is 24.3 Å². The summed E-state index contributed by atoms with van der Waals surface area (Å²) in [7, 11) is 5.71. The molecule has 4 heteroatoms. The molecule has 0 aliphatic heterocycles. The van der Waals surface area contributed by atoms with E-state index in [9.17, 15) is 4.79 Å². The Morgan fingerprint density at radius 2 is 1.95 bits per heavy atom. The van der Waals surface area contributed by atoms with Gasteiger partial charge in [0.15, 0.2) is 0 Å². The zero-order valence-electron chi connectivity index (χ0n) is 12.3. The maximum atomic E-state index is 12.5. The molecule has 20 heavy (non-hydrogen) atoms. The first-order chi connectivity index (χ1) is 9.52. The molecule has 0 heterocycles. The molecule has 1 fully saturated rings. The van der Waals surface area contributed by atoms with Crippen molar-refractivity contribution in [2.75, 3.05) is 21.2 Å². The lowest BCUT2D eigenvalue weighted by Crippen LogP contribution is -2.26. The quantitative estimate of drug-likeness (QED) is 0.608. The van der Waals surface area contributed by atoms with Gasteiger partial charge in [0.2, 0.25) is 0 Å². The van der Waals surface area contributed by atoms with Gasteiger partial charge in [0.25, 0.3) is 0 Å². The van der Waals surface area contributed by atoms with Crippen molar-refractivity contribution in [1.29, 1.82) is 0 Å². The Morgan fingerprint density at radius 3 is 2.50 bits per heavy atom. The van der Waals surface area contributed by atoms with Crippen LogP contribution in [0.2, 0.25) is 0 Å². The first-order valence-electron chi connectivity index (χ1n) is 7.01. The highest BCUT2D eigenvalue weighted by Crippen LogP contribution is 2.38. The molecule has 0 saturated heterocycles. The molecule has 1 aromatic carbocycles. The van der Waals surface area contributed by atoms with Crippen LogP contribution in [0.4, 0.5) is 0 Å². The standard InChI is InChI=1S/C16H22BrNO2/c1-18(2)15(17)10-12-6-9-14(16(12)19)11-4-7-13(20-3)8-5-11/h4-5,7-8,12,14-15H,6,9-10H2,1-3H3. The molecule has 1 aromatic rings. The fourth-order valence-corrected chi connectivity index (χ4v) is 3.23. The average Bonchev–Trinajstić information content (AvgIpc) is 2.80. The molecule has 2 rings (SSSR count). The summed E-state index contributed by atoms with van der Waals surface area (Å²) in [4.78, 5) is 14.9. The van der Waals surface area contributed by atoms with E-state index < -0.39 is 0 Å². The molecule has 3 unspecified atom stereocenters. The summed E-state index contributed by atoms with van der Waals surface area (Å²) in [5.74, 6) is 1.46. The third kappa shape index (κ3) is 3.41. The fourth-order valence-electron chi connectivity index (χ4n) is 2.78. The van der Waals surface area contributed by atoms with Crippen LogP contribution in [0.5, 0.6) is 5.75 Å². The highest BCUT2D eigenvalue weighted by atomic mass is 79.9. The Kier molecular flexibility index (Phi) is 5.22. The molecule has 0 spiro atoms. The number of benzene rings is 1. The molecule has 3 atom stereocenters. The summed E-state index contributed by atoms with van der Waals surface area (Å²) in [6, 6.07) is 7.90. The molecule has 110 valence electrons. The van der Waals surface area contributed by atoms with Crippen molar-refractivity contribution >= 4 is 21.7 Å². The van der Waals surface area contributed by atoms with E-state index in [1.165, 1.54) is 0 Å². The highest BCUT2D eigenvalue weighted by molar-refractivity contribution is 9.09. The lowest BCUT2D eigenvalue weighted by atomic mass is 9.94. The minimum absolute atomic E-state index is 0.0627. The van der Waals surface area contributed by atoms with Gasteiger partial charge in [0.05, 0.1) is 12.1 Å². The van der Waals surface area contributed by atoms with Gasteiger partial charge in [0, 0.05) is 11.8 Å². The second-order valence-corrected chi connectivity index (χ2v) is 6.69. The smallest absolute Gasteiger partial charge is 0.143 e. The molecule has 0 bridgehead atoms. The van der Waals surface area contributed by atoms with Crippen molar-refractivity contribution in [2.24, 2.45) is 5.92 Å². The number of ether oxygens (including phenoxy) is 1. The molecule has 0 radical (unpaired) electrons. The van der Waals surface area contributed by atoms with Crippen LogP contribution in [0.3, 0.4) is 0 Å². The van der Waals surface area contributed by atoms with Crippen LogP contribution in [0, 0.1) is 5.92 Å². The van der Waals surface area contributed by atoms with E-state index in [0.717, 1.165) is 30.6 Å². The molecule has 1 aliphatic rings. The van der Waals surface area contributed by atoms with Gasteiger partial charge in [-0.15, -0.1) is 0 Å². The number of rotatable bonds is 5. The first-order valence-corrected chi connectivity index (χ1v) is 7.92. The van der Waals surface area contributed by atoms with Crippen LogP contribution in [0.1, 0.15) is 30.7 Å². The fraction of sp³-hybridized carbons (Fsp3) is 0.562. The van der Waals surface area contributed by atoms with E-state index in [1.807, 2.05) is 38.4 Å². The average molecular weight is 340 g/mol. The van der Waals surface area contributed by atoms with E-state index in [0.29, 0.717) is 5.78 Å². The third-order valence-electron chi connectivity index (χ3n) is 4.11. The predicted molar refractivity (Wildman–Crippen MR) is 84.5 cm³/mol. The zero-order chi connectivity index (χ0) is 14.7. The Bertz CT molecular complexity index is 458. The number of Topliss-reactive ketones (excluding diaryl/α,β-unsaturated/α-hetero) is 1. The Morgan fingerprint density at radius 1 is 1.30 bits per heavy atom. The maximum absolute atomic E-state index is 12.5. The number of hydrogen-bond acceptors (Lipinski definition) is 3. The largest absolute Gasteiger partial charge is 0.497 e. The number of nitrogens with zero attached hydrogens (tertiary/aromatic N) is 1. The van der Waals surface area contributed by atoms with Gasteiger partial charge in [-0.2, -0.15) is 0 Å². The van der Waals surface area contributed by atoms with Crippen LogP contribution in [0.25, 0.3) is 0 Å². The third-order valence-corrected chi connectivity index (χ3v) is 5.30. The van der Waals surface area contributed by atoms with Crippen molar-refractivity contribution in [3.05, 3.63) is 29.8 Å². The van der Waals surface area contributed by atoms with Crippen molar-refractivity contribution in [3.8, 4) is 5.75 Å². The van der Waals surface area contributed by atoms with Crippen LogP contribution in [-0.2, 0) is 4.79 Å². The van der Waals surface area contributed by atoms with Crippen LogP contribution >= 0.6 is 15.9 Å². The molecule has 1 saturated carbocycles. The van der Waals surface area contributed by atoms with Gasteiger partial charge in [-0.25, -0.2) is 0 Å². The van der Waals surface area contributed by atoms with E-state index in [1.54, 1.807) is 7.11 Å². The number of ketones is 1. The van der Waals surface area contributed by atoms with Crippen LogP contribution < -0.4 is 4.74 Å². The second kappa shape index (κ2) is 6.72. The summed E-state index contributed by atoms with van der Waals surface area (Å²) >= 11 is 3.63. The number of hydrogen-bond donors (Lipinski definition) is 0.